The third-order valence-corrected chi connectivity index (χ3v) is 4.48. The van der Waals surface area contributed by atoms with Gasteiger partial charge in [0.15, 0.2) is 0 Å². The first-order chi connectivity index (χ1) is 12.9. The van der Waals surface area contributed by atoms with Gasteiger partial charge in [-0.15, -0.1) is 11.3 Å². The molecular weight excluding hydrogens is 369 g/mol. The van der Waals surface area contributed by atoms with Crippen molar-refractivity contribution >= 4 is 28.8 Å². The van der Waals surface area contributed by atoms with Crippen LogP contribution < -0.4 is 15.8 Å². The summed E-state index contributed by atoms with van der Waals surface area (Å²) < 4.78 is 19.1. The summed E-state index contributed by atoms with van der Waals surface area (Å²) in [6.45, 7) is 2.23. The number of amides is 2. The molecule has 6 nitrogen and oxygen atoms in total. The molecule has 3 rings (SSSR count). The third kappa shape index (κ3) is 4.68. The van der Waals surface area contributed by atoms with Crippen molar-refractivity contribution in [2.75, 3.05) is 5.32 Å². The van der Waals surface area contributed by atoms with Gasteiger partial charge in [0.1, 0.15) is 28.9 Å². The molecule has 1 aromatic heterocycles. The molecule has 27 heavy (non-hydrogen) atoms. The number of thiazole rings is 1. The van der Waals surface area contributed by atoms with Gasteiger partial charge in [-0.1, -0.05) is 17.7 Å². The Morgan fingerprint density at radius 1 is 1.22 bits per heavy atom. The molecule has 0 aliphatic rings. The summed E-state index contributed by atoms with van der Waals surface area (Å²) in [6, 6.07) is 11.2. The summed E-state index contributed by atoms with van der Waals surface area (Å²) >= 11 is 1.29. The molecule has 3 aromatic rings. The fourth-order valence-corrected chi connectivity index (χ4v) is 2.93. The number of aryl methyl sites for hydroxylation is 1. The summed E-state index contributed by atoms with van der Waals surface area (Å²) in [5.74, 6) is -1.42. The standard InChI is InChI=1S/C19H16FN3O3S/c1-11-2-5-13(6-3-11)26-9-17-23-16(10-27-17)19(25)22-12-4-7-15(20)14(8-12)18(21)24/h2-8,10H,9H2,1H3,(H2,21,24)(H,22,25). The minimum Gasteiger partial charge on any atom is -0.486 e. The predicted octanol–water partition coefficient (Wildman–Crippen LogP) is 3.52. The minimum absolute atomic E-state index is 0.201. The average Bonchev–Trinajstić information content (AvgIpc) is 3.12. The van der Waals surface area contributed by atoms with Crippen LogP contribution in [0.5, 0.6) is 5.75 Å². The van der Waals surface area contributed by atoms with E-state index in [0.717, 1.165) is 11.6 Å². The lowest BCUT2D eigenvalue weighted by molar-refractivity contribution is 0.0992. The van der Waals surface area contributed by atoms with Crippen molar-refractivity contribution in [3.05, 3.63) is 75.5 Å². The van der Waals surface area contributed by atoms with Gasteiger partial charge in [0.2, 0.25) is 0 Å². The average molecular weight is 385 g/mol. The van der Waals surface area contributed by atoms with Crippen LogP contribution in [0.15, 0.2) is 47.8 Å². The molecule has 0 bridgehead atoms. The van der Waals surface area contributed by atoms with Gasteiger partial charge in [0.25, 0.3) is 11.8 Å². The van der Waals surface area contributed by atoms with Crippen molar-refractivity contribution < 1.29 is 18.7 Å². The number of primary amides is 1. The molecule has 8 heteroatoms. The highest BCUT2D eigenvalue weighted by atomic mass is 32.1. The van der Waals surface area contributed by atoms with E-state index in [-0.39, 0.29) is 23.6 Å². The molecule has 1 heterocycles. The Bertz CT molecular complexity index is 986. The number of nitrogens with two attached hydrogens (primary N) is 1. The van der Waals surface area contributed by atoms with Crippen molar-refractivity contribution in [1.82, 2.24) is 4.98 Å². The van der Waals surface area contributed by atoms with Gasteiger partial charge < -0.3 is 15.8 Å². The van der Waals surface area contributed by atoms with E-state index in [1.165, 1.54) is 23.5 Å². The lowest BCUT2D eigenvalue weighted by Gasteiger charge is -2.06. The Labute approximate surface area is 158 Å². The zero-order valence-corrected chi connectivity index (χ0v) is 15.2. The number of anilines is 1. The molecule has 0 aliphatic carbocycles. The van der Waals surface area contributed by atoms with E-state index in [9.17, 15) is 14.0 Å². The lowest BCUT2D eigenvalue weighted by Crippen LogP contribution is -2.16. The van der Waals surface area contributed by atoms with Crippen LogP contribution in [0.3, 0.4) is 0 Å². The van der Waals surface area contributed by atoms with E-state index < -0.39 is 17.6 Å². The van der Waals surface area contributed by atoms with Crippen LogP contribution in [-0.4, -0.2) is 16.8 Å². The highest BCUT2D eigenvalue weighted by Gasteiger charge is 2.14. The highest BCUT2D eigenvalue weighted by molar-refractivity contribution is 7.09. The number of nitrogens with zero attached hydrogens (tertiary/aromatic N) is 1. The minimum atomic E-state index is -0.909. The number of rotatable bonds is 6. The maximum atomic E-state index is 13.5. The number of hydrogen-bond acceptors (Lipinski definition) is 5. The lowest BCUT2D eigenvalue weighted by atomic mass is 10.1. The van der Waals surface area contributed by atoms with Crippen LogP contribution in [0.1, 0.15) is 31.4 Å². The molecule has 0 fully saturated rings. The Kier molecular flexibility index (Phi) is 5.46. The number of aromatic nitrogens is 1. The number of halogens is 1. The van der Waals surface area contributed by atoms with E-state index in [0.29, 0.717) is 10.8 Å². The molecule has 138 valence electrons. The smallest absolute Gasteiger partial charge is 0.275 e. The number of carbonyl (C=O) groups is 2. The maximum absolute atomic E-state index is 13.5. The molecule has 0 saturated heterocycles. The second-order valence-electron chi connectivity index (χ2n) is 5.74. The van der Waals surface area contributed by atoms with Crippen molar-refractivity contribution in [1.29, 1.82) is 0 Å². The largest absolute Gasteiger partial charge is 0.486 e. The first-order valence-corrected chi connectivity index (χ1v) is 8.85. The second-order valence-corrected chi connectivity index (χ2v) is 6.68. The highest BCUT2D eigenvalue weighted by Crippen LogP contribution is 2.18. The summed E-state index contributed by atoms with van der Waals surface area (Å²) in [6.07, 6.45) is 0. The van der Waals surface area contributed by atoms with Crippen LogP contribution in [0.2, 0.25) is 0 Å². The molecule has 0 aliphatic heterocycles. The van der Waals surface area contributed by atoms with Gasteiger partial charge in [-0.3, -0.25) is 9.59 Å². The van der Waals surface area contributed by atoms with Crippen LogP contribution in [0, 0.1) is 12.7 Å². The van der Waals surface area contributed by atoms with Crippen LogP contribution in [0.25, 0.3) is 0 Å². The van der Waals surface area contributed by atoms with E-state index in [4.69, 9.17) is 10.5 Å². The first kappa shape index (κ1) is 18.5. The summed E-state index contributed by atoms with van der Waals surface area (Å²) in [4.78, 5) is 27.7. The van der Waals surface area contributed by atoms with E-state index in [1.807, 2.05) is 31.2 Å². The monoisotopic (exact) mass is 385 g/mol. The van der Waals surface area contributed by atoms with Crippen LogP contribution in [-0.2, 0) is 6.61 Å². The SMILES string of the molecule is Cc1ccc(OCc2nc(C(=O)Nc3ccc(F)c(C(N)=O)c3)cs2)cc1. The summed E-state index contributed by atoms with van der Waals surface area (Å²) in [7, 11) is 0. The number of hydrogen-bond donors (Lipinski definition) is 2. The van der Waals surface area contributed by atoms with Gasteiger partial charge in [-0.25, -0.2) is 9.37 Å². The topological polar surface area (TPSA) is 94.3 Å². The summed E-state index contributed by atoms with van der Waals surface area (Å²) in [5, 5.41) is 4.80. The predicted molar refractivity (Wildman–Crippen MR) is 100 cm³/mol. The molecule has 0 radical (unpaired) electrons. The van der Waals surface area contributed by atoms with E-state index in [1.54, 1.807) is 5.38 Å². The normalized spacial score (nSPS) is 10.4. The quantitative estimate of drug-likeness (QED) is 0.679. The summed E-state index contributed by atoms with van der Waals surface area (Å²) in [5.41, 5.74) is 6.40. The number of benzene rings is 2. The number of ether oxygens (including phenoxy) is 1. The Balaban J connectivity index is 1.63. The van der Waals surface area contributed by atoms with Crippen molar-refractivity contribution in [3.8, 4) is 5.75 Å². The zero-order chi connectivity index (χ0) is 19.4. The van der Waals surface area contributed by atoms with Gasteiger partial charge in [-0.05, 0) is 37.3 Å². The molecule has 0 atom stereocenters. The Hall–Kier alpha value is -3.26. The maximum Gasteiger partial charge on any atom is 0.275 e. The number of nitrogens with one attached hydrogen (secondary N) is 1. The van der Waals surface area contributed by atoms with Gasteiger partial charge in [0, 0.05) is 11.1 Å². The third-order valence-electron chi connectivity index (χ3n) is 3.66. The van der Waals surface area contributed by atoms with Crippen LogP contribution in [0.4, 0.5) is 10.1 Å². The zero-order valence-electron chi connectivity index (χ0n) is 14.4. The number of carbonyl (C=O) groups excluding carboxylic acids is 2. The van der Waals surface area contributed by atoms with Crippen LogP contribution >= 0.6 is 11.3 Å². The molecule has 2 amide bonds. The molecule has 3 N–H and O–H groups in total. The first-order valence-electron chi connectivity index (χ1n) is 7.97. The molecule has 0 spiro atoms. The van der Waals surface area contributed by atoms with Gasteiger partial charge in [-0.2, -0.15) is 0 Å². The van der Waals surface area contributed by atoms with Crippen molar-refractivity contribution in [3.63, 3.8) is 0 Å². The fourth-order valence-electron chi connectivity index (χ4n) is 2.25. The second kappa shape index (κ2) is 7.96. The molecule has 0 unspecified atom stereocenters. The Morgan fingerprint density at radius 2 is 1.96 bits per heavy atom. The van der Waals surface area contributed by atoms with E-state index in [2.05, 4.69) is 10.3 Å². The van der Waals surface area contributed by atoms with E-state index >= 15 is 0 Å². The van der Waals surface area contributed by atoms with Gasteiger partial charge in [0.05, 0.1) is 5.56 Å². The molecular formula is C19H16FN3O3S. The van der Waals surface area contributed by atoms with Crippen molar-refractivity contribution in [2.24, 2.45) is 5.73 Å². The molecule has 2 aromatic carbocycles. The Morgan fingerprint density at radius 3 is 2.67 bits per heavy atom. The fraction of sp³-hybridized carbons (Fsp3) is 0.105. The molecule has 0 saturated carbocycles. The van der Waals surface area contributed by atoms with Crippen molar-refractivity contribution in [2.45, 2.75) is 13.5 Å². The van der Waals surface area contributed by atoms with Gasteiger partial charge >= 0.3 is 0 Å².